The van der Waals surface area contributed by atoms with Crippen LogP contribution in [-0.4, -0.2) is 66.5 Å². The number of aliphatic hydroxyl groups is 1. The molecule has 0 fully saturated rings. The third kappa shape index (κ3) is 53.0. The van der Waals surface area contributed by atoms with Crippen LogP contribution in [0.3, 0.4) is 0 Å². The second kappa shape index (κ2) is 55.4. The molecule has 3 atom stereocenters. The van der Waals surface area contributed by atoms with Gasteiger partial charge < -0.3 is 24.2 Å². The van der Waals surface area contributed by atoms with E-state index in [1.54, 1.807) is 0 Å². The number of unbranched alkanes of at least 4 members (excludes halogenated alkanes) is 17. The Morgan fingerprint density at radius 1 is 0.392 bits per heavy atom. The van der Waals surface area contributed by atoms with Crippen molar-refractivity contribution in [2.75, 3.05) is 26.4 Å². The zero-order valence-corrected chi connectivity index (χ0v) is 47.4. The van der Waals surface area contributed by atoms with Gasteiger partial charge >= 0.3 is 25.7 Å². The number of hydrogen-bond acceptors (Lipinski definition) is 10. The summed E-state index contributed by atoms with van der Waals surface area (Å²) in [5.74, 6) is -1.57. The molecule has 0 amide bonds. The van der Waals surface area contributed by atoms with E-state index in [0.717, 1.165) is 122 Å². The third-order valence-electron chi connectivity index (χ3n) is 11.6. The maximum atomic E-state index is 12.9. The lowest BCUT2D eigenvalue weighted by atomic mass is 10.1. The second-order valence-corrected chi connectivity index (χ2v) is 20.2. The number of ether oxygens (including phenoxy) is 3. The lowest BCUT2D eigenvalue weighted by Crippen LogP contribution is -2.30. The lowest BCUT2D eigenvalue weighted by molar-refractivity contribution is -0.161. The minimum Gasteiger partial charge on any atom is -0.462 e. The maximum absolute atomic E-state index is 12.9. The molecule has 12 heteroatoms. The Balaban J connectivity index is 4.85. The Kier molecular flexibility index (Phi) is 52.5. The number of rotatable bonds is 52. The van der Waals surface area contributed by atoms with Crippen molar-refractivity contribution in [1.29, 1.82) is 0 Å². The molecule has 3 unspecified atom stereocenters. The van der Waals surface area contributed by atoms with Gasteiger partial charge in [-0.2, -0.15) is 0 Å². The molecular weight excluding hydrogens is 952 g/mol. The Bertz CT molecular complexity index is 1660. The van der Waals surface area contributed by atoms with Crippen LogP contribution in [0.25, 0.3) is 0 Å². The van der Waals surface area contributed by atoms with Gasteiger partial charge in [0.1, 0.15) is 12.7 Å². The molecule has 2 N–H and O–H groups in total. The van der Waals surface area contributed by atoms with E-state index >= 15 is 0 Å². The fraction of sp³-hybridized carbons (Fsp3) is 0.661. The Labute approximate surface area is 450 Å². The van der Waals surface area contributed by atoms with Gasteiger partial charge in [-0.1, -0.05) is 201 Å². The summed E-state index contributed by atoms with van der Waals surface area (Å²) in [6.07, 6.45) is 66.2. The molecule has 0 radical (unpaired) electrons. The van der Waals surface area contributed by atoms with Gasteiger partial charge in [0.15, 0.2) is 6.10 Å². The van der Waals surface area contributed by atoms with E-state index < -0.39 is 57.8 Å². The first-order chi connectivity index (χ1) is 36.2. The van der Waals surface area contributed by atoms with Crippen molar-refractivity contribution in [2.24, 2.45) is 0 Å². The predicted octanol–water partition coefficient (Wildman–Crippen LogP) is 17.0. The van der Waals surface area contributed by atoms with E-state index in [1.807, 2.05) is 12.2 Å². The largest absolute Gasteiger partial charge is 0.472 e. The van der Waals surface area contributed by atoms with Crippen LogP contribution < -0.4 is 0 Å². The van der Waals surface area contributed by atoms with Gasteiger partial charge in [0.05, 0.1) is 19.8 Å². The van der Waals surface area contributed by atoms with Gasteiger partial charge in [0.2, 0.25) is 0 Å². The molecular formula is C62H103O11P. The Hall–Kier alpha value is -3.86. The van der Waals surface area contributed by atoms with Crippen LogP contribution in [0.5, 0.6) is 0 Å². The molecule has 0 saturated heterocycles. The van der Waals surface area contributed by atoms with Crippen molar-refractivity contribution in [1.82, 2.24) is 0 Å². The monoisotopic (exact) mass is 1050 g/mol. The number of allylic oxidation sites excluding steroid dienone is 18. The van der Waals surface area contributed by atoms with E-state index in [1.165, 1.54) is 38.5 Å². The van der Waals surface area contributed by atoms with Crippen molar-refractivity contribution in [3.63, 3.8) is 0 Å². The maximum Gasteiger partial charge on any atom is 0.472 e. The second-order valence-electron chi connectivity index (χ2n) is 18.7. The number of phosphoric acid groups is 1. The molecule has 0 aromatic heterocycles. The van der Waals surface area contributed by atoms with E-state index in [2.05, 4.69) is 118 Å². The highest BCUT2D eigenvalue weighted by atomic mass is 31.2. The Morgan fingerprint density at radius 2 is 0.743 bits per heavy atom. The smallest absolute Gasteiger partial charge is 0.462 e. The molecule has 0 aliphatic carbocycles. The molecule has 0 saturated carbocycles. The summed E-state index contributed by atoms with van der Waals surface area (Å²) in [7, 11) is -4.77. The van der Waals surface area contributed by atoms with Crippen LogP contribution >= 0.6 is 7.82 Å². The minimum absolute atomic E-state index is 0.0816. The summed E-state index contributed by atoms with van der Waals surface area (Å²) < 4.78 is 39.4. The summed E-state index contributed by atoms with van der Waals surface area (Å²) in [5, 5.41) is 9.80. The summed E-state index contributed by atoms with van der Waals surface area (Å²) in [4.78, 5) is 48.5. The van der Waals surface area contributed by atoms with Gasteiger partial charge in [-0.05, 0) is 116 Å². The van der Waals surface area contributed by atoms with Crippen molar-refractivity contribution in [3.8, 4) is 0 Å². The molecule has 0 aromatic carbocycles. The lowest BCUT2D eigenvalue weighted by Gasteiger charge is -2.21. The first-order valence-electron chi connectivity index (χ1n) is 28.8. The molecule has 0 heterocycles. The fourth-order valence-electron chi connectivity index (χ4n) is 7.28. The molecule has 0 aromatic rings. The van der Waals surface area contributed by atoms with Crippen molar-refractivity contribution < 1.29 is 52.2 Å². The average Bonchev–Trinajstić information content (AvgIpc) is 3.39. The van der Waals surface area contributed by atoms with E-state index in [-0.39, 0.29) is 25.9 Å². The Morgan fingerprint density at radius 3 is 1.19 bits per heavy atom. The summed E-state index contributed by atoms with van der Waals surface area (Å²) in [6.45, 7) is 4.34. The van der Waals surface area contributed by atoms with Crippen LogP contribution in [0.1, 0.15) is 226 Å². The first kappa shape index (κ1) is 70.1. The molecule has 74 heavy (non-hydrogen) atoms. The zero-order chi connectivity index (χ0) is 54.1. The minimum atomic E-state index is -4.77. The van der Waals surface area contributed by atoms with Crippen molar-refractivity contribution >= 4 is 25.7 Å². The standard InChI is InChI=1S/C62H103O11P/c1-4-7-10-13-16-19-22-25-27-29-31-34-36-39-42-45-48-51-60(64)69-55-59(73-62(66)53-50-47-44-41-38-35-32-30-28-26-23-20-17-14-11-8-5-2)57-71-74(67,68)70-56-58(54-63)72-61(65)52-49-46-43-40-37-33-24-21-18-15-12-9-6-3/h8,11-12,15-17,19-21,24-28,32,35,41,44,58-59,63H,4-7,9-10,13-14,18,22-23,29-31,33-34,36-40,42-43,45-57H2,1-3H3,(H,67,68)/b11-8-,15-12-,19-16-,20-17-,24-21-,27-25-,28-26-,35-32-,44-41-. The molecule has 0 rings (SSSR count). The highest BCUT2D eigenvalue weighted by molar-refractivity contribution is 7.47. The molecule has 0 aliphatic heterocycles. The number of aliphatic hydroxyl groups excluding tert-OH is 1. The van der Waals surface area contributed by atoms with Gasteiger partial charge in [-0.25, -0.2) is 4.57 Å². The highest BCUT2D eigenvalue weighted by Crippen LogP contribution is 2.43. The summed E-state index contributed by atoms with van der Waals surface area (Å²) >= 11 is 0. The van der Waals surface area contributed by atoms with E-state index in [4.69, 9.17) is 23.3 Å². The van der Waals surface area contributed by atoms with Crippen LogP contribution in [0.15, 0.2) is 109 Å². The summed E-state index contributed by atoms with van der Waals surface area (Å²) in [6, 6.07) is 0. The SMILES string of the molecule is CC/C=C\C/C=C\C/C=C\C/C=C\C/C=C\CCCC(=O)OC(COC(=O)CCCCCCCCC/C=C\C/C=C\CCCCC)COP(=O)(O)OCC(CO)OC(=O)CCCCCCC/C=C\C/C=C\CCC. The molecule has 0 aliphatic rings. The van der Waals surface area contributed by atoms with Gasteiger partial charge in [0.25, 0.3) is 0 Å². The quantitative estimate of drug-likeness (QED) is 0.0197. The average molecular weight is 1060 g/mol. The number of esters is 3. The predicted molar refractivity (Wildman–Crippen MR) is 307 cm³/mol. The normalized spacial score (nSPS) is 14.2. The van der Waals surface area contributed by atoms with Gasteiger partial charge in [-0.3, -0.25) is 23.4 Å². The zero-order valence-electron chi connectivity index (χ0n) is 46.5. The molecule has 422 valence electrons. The third-order valence-corrected chi connectivity index (χ3v) is 12.6. The van der Waals surface area contributed by atoms with Crippen LogP contribution in [0.2, 0.25) is 0 Å². The molecule has 0 bridgehead atoms. The van der Waals surface area contributed by atoms with Crippen molar-refractivity contribution in [3.05, 3.63) is 109 Å². The molecule has 11 nitrogen and oxygen atoms in total. The van der Waals surface area contributed by atoms with E-state index in [0.29, 0.717) is 25.7 Å². The first-order valence-corrected chi connectivity index (χ1v) is 30.3. The number of hydrogen-bond donors (Lipinski definition) is 2. The van der Waals surface area contributed by atoms with Crippen LogP contribution in [0.4, 0.5) is 0 Å². The number of phosphoric ester groups is 1. The van der Waals surface area contributed by atoms with Crippen LogP contribution in [0, 0.1) is 0 Å². The topological polar surface area (TPSA) is 155 Å². The highest BCUT2D eigenvalue weighted by Gasteiger charge is 2.28. The fourth-order valence-corrected chi connectivity index (χ4v) is 8.07. The van der Waals surface area contributed by atoms with Crippen molar-refractivity contribution in [2.45, 2.75) is 238 Å². The summed E-state index contributed by atoms with van der Waals surface area (Å²) in [5.41, 5.74) is 0. The van der Waals surface area contributed by atoms with Crippen LogP contribution in [-0.2, 0) is 42.2 Å². The van der Waals surface area contributed by atoms with Gasteiger partial charge in [0, 0.05) is 19.3 Å². The number of carbonyl (C=O) groups excluding carboxylic acids is 3. The number of carbonyl (C=O) groups is 3. The van der Waals surface area contributed by atoms with Gasteiger partial charge in [-0.15, -0.1) is 0 Å². The van der Waals surface area contributed by atoms with E-state index in [9.17, 15) is 28.9 Å². The molecule has 0 spiro atoms.